The van der Waals surface area contributed by atoms with Gasteiger partial charge in [-0.2, -0.15) is 4.99 Å². The molecular weight excluding hydrogens is 306 g/mol. The summed E-state index contributed by atoms with van der Waals surface area (Å²) in [5.41, 5.74) is 14.4. The Balaban J connectivity index is 2.37. The maximum atomic E-state index is 11.9. The number of rotatable bonds is 4. The predicted molar refractivity (Wildman–Crippen MR) is 94.6 cm³/mol. The second-order valence-corrected chi connectivity index (χ2v) is 6.60. The normalized spacial score (nSPS) is 19.2. The van der Waals surface area contributed by atoms with E-state index in [1.807, 2.05) is 27.7 Å². The molecule has 1 atom stereocenters. The Hall–Kier alpha value is -2.24. The minimum absolute atomic E-state index is 0.148. The molecule has 0 fully saturated rings. The zero-order valence-corrected chi connectivity index (χ0v) is 15.2. The SMILES string of the molecule is CCOc1c(C)c(C)c2c(c1C)CCC(C)(CC(=O)N=C(N)N)O2. The van der Waals surface area contributed by atoms with E-state index in [0.29, 0.717) is 6.61 Å². The van der Waals surface area contributed by atoms with E-state index < -0.39 is 5.60 Å². The highest BCUT2D eigenvalue weighted by Crippen LogP contribution is 2.44. The van der Waals surface area contributed by atoms with Crippen molar-refractivity contribution in [2.45, 2.75) is 59.5 Å². The van der Waals surface area contributed by atoms with Crippen molar-refractivity contribution in [1.29, 1.82) is 0 Å². The summed E-state index contributed by atoms with van der Waals surface area (Å²) in [5, 5.41) is 0. The molecule has 1 aromatic carbocycles. The van der Waals surface area contributed by atoms with Crippen LogP contribution in [-0.2, 0) is 11.2 Å². The first-order valence-electron chi connectivity index (χ1n) is 8.25. The smallest absolute Gasteiger partial charge is 0.252 e. The molecule has 24 heavy (non-hydrogen) atoms. The molecule has 6 heteroatoms. The molecule has 0 saturated heterocycles. The van der Waals surface area contributed by atoms with Crippen LogP contribution in [0.1, 0.15) is 48.9 Å². The lowest BCUT2D eigenvalue weighted by Crippen LogP contribution is -2.39. The minimum Gasteiger partial charge on any atom is -0.493 e. The molecule has 0 aromatic heterocycles. The van der Waals surface area contributed by atoms with Crippen LogP contribution < -0.4 is 20.9 Å². The Morgan fingerprint density at radius 3 is 2.50 bits per heavy atom. The van der Waals surface area contributed by atoms with Crippen molar-refractivity contribution in [2.24, 2.45) is 16.5 Å². The summed E-state index contributed by atoms with van der Waals surface area (Å²) in [7, 11) is 0. The number of benzene rings is 1. The molecule has 132 valence electrons. The van der Waals surface area contributed by atoms with E-state index in [-0.39, 0.29) is 18.3 Å². The van der Waals surface area contributed by atoms with E-state index in [1.54, 1.807) is 0 Å². The van der Waals surface area contributed by atoms with Gasteiger partial charge < -0.3 is 20.9 Å². The maximum absolute atomic E-state index is 11.9. The largest absolute Gasteiger partial charge is 0.493 e. The standard InChI is InChI=1S/C18H27N3O3/c1-6-23-15-10(2)11(3)16-13(12(15)4)7-8-18(5,24-16)9-14(22)21-17(19)20/h6-9H2,1-5H3,(H4,19,20,21,22). The van der Waals surface area contributed by atoms with E-state index in [2.05, 4.69) is 11.9 Å². The number of hydrogen-bond acceptors (Lipinski definition) is 3. The number of ether oxygens (including phenoxy) is 2. The number of hydrogen-bond donors (Lipinski definition) is 2. The second kappa shape index (κ2) is 6.71. The number of guanidine groups is 1. The third-order valence-corrected chi connectivity index (χ3v) is 4.63. The molecule has 0 radical (unpaired) electrons. The Bertz CT molecular complexity index is 693. The zero-order valence-electron chi connectivity index (χ0n) is 15.2. The van der Waals surface area contributed by atoms with Crippen LogP contribution >= 0.6 is 0 Å². The fourth-order valence-corrected chi connectivity index (χ4v) is 3.27. The third kappa shape index (κ3) is 3.47. The quantitative estimate of drug-likeness (QED) is 0.650. The van der Waals surface area contributed by atoms with Gasteiger partial charge in [-0.05, 0) is 64.2 Å². The van der Waals surface area contributed by atoms with E-state index >= 15 is 0 Å². The first-order chi connectivity index (χ1) is 11.2. The first kappa shape index (κ1) is 18.1. The summed E-state index contributed by atoms with van der Waals surface area (Å²) < 4.78 is 12.1. The zero-order chi connectivity index (χ0) is 18.1. The Kier molecular flexibility index (Phi) is 5.06. The molecule has 0 spiro atoms. The van der Waals surface area contributed by atoms with E-state index in [4.69, 9.17) is 20.9 Å². The van der Waals surface area contributed by atoms with Gasteiger partial charge in [0.2, 0.25) is 0 Å². The number of carbonyl (C=O) groups is 1. The fourth-order valence-electron chi connectivity index (χ4n) is 3.27. The number of nitrogens with two attached hydrogens (primary N) is 2. The number of amides is 1. The van der Waals surface area contributed by atoms with Crippen LogP contribution in [-0.4, -0.2) is 24.1 Å². The lowest BCUT2D eigenvalue weighted by molar-refractivity contribution is -0.121. The van der Waals surface area contributed by atoms with Crippen molar-refractivity contribution in [2.75, 3.05) is 6.61 Å². The average molecular weight is 333 g/mol. The molecule has 1 unspecified atom stereocenters. The minimum atomic E-state index is -0.611. The van der Waals surface area contributed by atoms with Gasteiger partial charge in [-0.3, -0.25) is 4.79 Å². The average Bonchev–Trinajstić information content (AvgIpc) is 2.48. The van der Waals surface area contributed by atoms with Gasteiger partial charge in [0.05, 0.1) is 13.0 Å². The molecule has 1 aromatic rings. The molecule has 0 aliphatic carbocycles. The number of aliphatic imine (C=N–C) groups is 1. The van der Waals surface area contributed by atoms with Crippen molar-refractivity contribution in [1.82, 2.24) is 0 Å². The Morgan fingerprint density at radius 1 is 1.25 bits per heavy atom. The van der Waals surface area contributed by atoms with Gasteiger partial charge in [-0.25, -0.2) is 0 Å². The maximum Gasteiger partial charge on any atom is 0.252 e. The van der Waals surface area contributed by atoms with Gasteiger partial charge >= 0.3 is 0 Å². The topological polar surface area (TPSA) is 99.9 Å². The van der Waals surface area contributed by atoms with E-state index in [1.165, 1.54) is 0 Å². The summed E-state index contributed by atoms with van der Waals surface area (Å²) in [5.74, 6) is 1.22. The van der Waals surface area contributed by atoms with Crippen LogP contribution in [0.2, 0.25) is 0 Å². The van der Waals surface area contributed by atoms with Crippen LogP contribution in [0.5, 0.6) is 11.5 Å². The summed E-state index contributed by atoms with van der Waals surface area (Å²) in [6.07, 6.45) is 1.70. The van der Waals surface area contributed by atoms with E-state index in [9.17, 15) is 4.79 Å². The van der Waals surface area contributed by atoms with Crippen LogP contribution in [0.15, 0.2) is 4.99 Å². The monoisotopic (exact) mass is 333 g/mol. The molecule has 1 heterocycles. The van der Waals surface area contributed by atoms with Crippen molar-refractivity contribution in [3.63, 3.8) is 0 Å². The predicted octanol–water partition coefficient (Wildman–Crippen LogP) is 2.28. The molecule has 2 rings (SSSR count). The highest BCUT2D eigenvalue weighted by atomic mass is 16.5. The Morgan fingerprint density at radius 2 is 1.92 bits per heavy atom. The molecule has 6 nitrogen and oxygen atoms in total. The third-order valence-electron chi connectivity index (χ3n) is 4.63. The number of nitrogens with zero attached hydrogens (tertiary/aromatic N) is 1. The number of carbonyl (C=O) groups excluding carboxylic acids is 1. The highest BCUT2D eigenvalue weighted by Gasteiger charge is 2.36. The molecule has 4 N–H and O–H groups in total. The molecule has 0 saturated carbocycles. The van der Waals surface area contributed by atoms with Gasteiger partial charge in [-0.1, -0.05) is 0 Å². The van der Waals surface area contributed by atoms with Crippen molar-refractivity contribution < 1.29 is 14.3 Å². The lowest BCUT2D eigenvalue weighted by Gasteiger charge is -2.37. The van der Waals surface area contributed by atoms with Gasteiger partial charge in [0.25, 0.3) is 5.91 Å². The van der Waals surface area contributed by atoms with Crippen molar-refractivity contribution >= 4 is 11.9 Å². The van der Waals surface area contributed by atoms with E-state index in [0.717, 1.165) is 46.6 Å². The van der Waals surface area contributed by atoms with Crippen LogP contribution in [0, 0.1) is 20.8 Å². The van der Waals surface area contributed by atoms with Gasteiger partial charge in [-0.15, -0.1) is 0 Å². The van der Waals surface area contributed by atoms with Gasteiger partial charge in [0, 0.05) is 5.56 Å². The van der Waals surface area contributed by atoms with Crippen molar-refractivity contribution in [3.8, 4) is 11.5 Å². The highest BCUT2D eigenvalue weighted by molar-refractivity contribution is 5.91. The fraction of sp³-hybridized carbons (Fsp3) is 0.556. The summed E-state index contributed by atoms with van der Waals surface area (Å²) in [6, 6.07) is 0. The summed E-state index contributed by atoms with van der Waals surface area (Å²) in [6.45, 7) is 10.7. The van der Waals surface area contributed by atoms with Crippen molar-refractivity contribution in [3.05, 3.63) is 22.3 Å². The van der Waals surface area contributed by atoms with Gasteiger partial charge in [0.15, 0.2) is 5.96 Å². The van der Waals surface area contributed by atoms with Crippen LogP contribution in [0.25, 0.3) is 0 Å². The number of fused-ring (bicyclic) bond motifs is 1. The van der Waals surface area contributed by atoms with Gasteiger partial charge in [0.1, 0.15) is 17.1 Å². The molecule has 1 aliphatic heterocycles. The summed E-state index contributed by atoms with van der Waals surface area (Å²) in [4.78, 5) is 15.6. The summed E-state index contributed by atoms with van der Waals surface area (Å²) >= 11 is 0. The molecule has 0 bridgehead atoms. The Labute approximate surface area is 143 Å². The molecular formula is C18H27N3O3. The van der Waals surface area contributed by atoms with Crippen LogP contribution in [0.3, 0.4) is 0 Å². The first-order valence-corrected chi connectivity index (χ1v) is 8.25. The molecule has 1 aliphatic rings. The van der Waals surface area contributed by atoms with Crippen LogP contribution in [0.4, 0.5) is 0 Å². The lowest BCUT2D eigenvalue weighted by atomic mass is 9.85. The second-order valence-electron chi connectivity index (χ2n) is 6.60. The molecule has 1 amide bonds.